The molecule has 3 aromatic rings. The molecule has 0 radical (unpaired) electrons. The van der Waals surface area contributed by atoms with Crippen molar-refractivity contribution in [3.63, 3.8) is 0 Å². The topological polar surface area (TPSA) is 89.9 Å². The zero-order valence-electron chi connectivity index (χ0n) is 15.3. The molecule has 1 unspecified atom stereocenters. The van der Waals surface area contributed by atoms with E-state index in [4.69, 9.17) is 4.52 Å². The predicted octanol–water partition coefficient (Wildman–Crippen LogP) is 2.35. The molecule has 1 saturated heterocycles. The third-order valence-corrected chi connectivity index (χ3v) is 4.91. The number of hydrogen-bond donors (Lipinski definition) is 0. The molecule has 4 heterocycles. The highest BCUT2D eigenvalue weighted by Crippen LogP contribution is 2.23. The number of amides is 1. The lowest BCUT2D eigenvalue weighted by atomic mass is 9.93. The zero-order chi connectivity index (χ0) is 18.6. The van der Waals surface area contributed by atoms with E-state index < -0.39 is 0 Å². The van der Waals surface area contributed by atoms with Crippen LogP contribution in [0.25, 0.3) is 11.5 Å². The van der Waals surface area contributed by atoms with E-state index in [1.165, 1.54) is 0 Å². The molecule has 4 rings (SSSR count). The molecule has 0 bridgehead atoms. The Hall–Kier alpha value is -3.03. The van der Waals surface area contributed by atoms with Crippen molar-refractivity contribution in [2.75, 3.05) is 13.1 Å². The molecular formula is C19H22N6O2. The lowest BCUT2D eigenvalue weighted by molar-refractivity contribution is 0.0661. The lowest BCUT2D eigenvalue weighted by Gasteiger charge is -2.32. The number of likely N-dealkylation sites (tertiary alicyclic amines) is 1. The monoisotopic (exact) mass is 366 g/mol. The van der Waals surface area contributed by atoms with Crippen LogP contribution >= 0.6 is 0 Å². The van der Waals surface area contributed by atoms with Crippen molar-refractivity contribution >= 4 is 5.91 Å². The number of hydrogen-bond acceptors (Lipinski definition) is 6. The van der Waals surface area contributed by atoms with Crippen molar-refractivity contribution in [2.24, 2.45) is 13.0 Å². The van der Waals surface area contributed by atoms with Crippen molar-refractivity contribution in [3.8, 4) is 11.5 Å². The fraction of sp³-hybridized carbons (Fsp3) is 0.421. The van der Waals surface area contributed by atoms with E-state index in [-0.39, 0.29) is 5.91 Å². The molecule has 8 nitrogen and oxygen atoms in total. The molecule has 3 aromatic heterocycles. The fourth-order valence-electron chi connectivity index (χ4n) is 3.48. The largest absolute Gasteiger partial charge is 0.337 e. The summed E-state index contributed by atoms with van der Waals surface area (Å²) in [5, 5.41) is 8.31. The Morgan fingerprint density at radius 2 is 2.15 bits per heavy atom. The number of rotatable bonds is 5. The molecule has 1 fully saturated rings. The maximum Gasteiger partial charge on any atom is 0.274 e. The normalized spacial score (nSPS) is 17.2. The van der Waals surface area contributed by atoms with Gasteiger partial charge in [0.25, 0.3) is 11.8 Å². The smallest absolute Gasteiger partial charge is 0.274 e. The Balaban J connectivity index is 1.33. The Labute approximate surface area is 157 Å². The summed E-state index contributed by atoms with van der Waals surface area (Å²) in [6.07, 6.45) is 9.00. The van der Waals surface area contributed by atoms with E-state index in [0.29, 0.717) is 23.3 Å². The lowest BCUT2D eigenvalue weighted by Crippen LogP contribution is -2.40. The molecule has 0 saturated carbocycles. The van der Waals surface area contributed by atoms with Crippen LogP contribution < -0.4 is 0 Å². The van der Waals surface area contributed by atoms with Crippen LogP contribution in [0.15, 0.2) is 41.3 Å². The van der Waals surface area contributed by atoms with E-state index in [2.05, 4.69) is 20.2 Å². The molecule has 1 aliphatic rings. The number of carbonyl (C=O) groups is 1. The first-order valence-electron chi connectivity index (χ1n) is 9.21. The van der Waals surface area contributed by atoms with Crippen molar-refractivity contribution < 1.29 is 9.32 Å². The first-order chi connectivity index (χ1) is 13.2. The Kier molecular flexibility index (Phi) is 4.95. The van der Waals surface area contributed by atoms with Crippen molar-refractivity contribution in [1.82, 2.24) is 29.8 Å². The molecule has 1 atom stereocenters. The molecule has 0 spiro atoms. The maximum atomic E-state index is 12.6. The van der Waals surface area contributed by atoms with Gasteiger partial charge in [-0.3, -0.25) is 14.5 Å². The predicted molar refractivity (Wildman–Crippen MR) is 97.7 cm³/mol. The SMILES string of the molecule is Cn1ccc(C(=O)N2CCCC(CCc3noc(-c4ccncc4)n3)C2)n1. The minimum Gasteiger partial charge on any atom is -0.337 e. The van der Waals surface area contributed by atoms with Crippen LogP contribution in [0.2, 0.25) is 0 Å². The van der Waals surface area contributed by atoms with Gasteiger partial charge in [0.1, 0.15) is 5.69 Å². The van der Waals surface area contributed by atoms with Gasteiger partial charge in [0.05, 0.1) is 0 Å². The Morgan fingerprint density at radius 1 is 1.30 bits per heavy atom. The average Bonchev–Trinajstić information content (AvgIpc) is 3.36. The minimum absolute atomic E-state index is 0.0137. The van der Waals surface area contributed by atoms with E-state index in [1.807, 2.05) is 24.1 Å². The maximum absolute atomic E-state index is 12.6. The van der Waals surface area contributed by atoms with E-state index in [1.54, 1.807) is 29.3 Å². The van der Waals surface area contributed by atoms with Crippen LogP contribution in [0.4, 0.5) is 0 Å². The van der Waals surface area contributed by atoms with Crippen LogP contribution in [0.3, 0.4) is 0 Å². The molecular weight excluding hydrogens is 344 g/mol. The number of carbonyl (C=O) groups excluding carboxylic acids is 1. The molecule has 27 heavy (non-hydrogen) atoms. The van der Waals surface area contributed by atoms with Gasteiger partial charge in [0, 0.05) is 50.7 Å². The van der Waals surface area contributed by atoms with Crippen molar-refractivity contribution in [1.29, 1.82) is 0 Å². The zero-order valence-corrected chi connectivity index (χ0v) is 15.3. The summed E-state index contributed by atoms with van der Waals surface area (Å²) >= 11 is 0. The standard InChI is InChI=1S/C19H22N6O2/c1-24-12-8-16(22-24)19(26)25-11-2-3-14(13-25)4-5-17-21-18(27-23-17)15-6-9-20-10-7-15/h6-10,12,14H,2-5,11,13H2,1H3. The highest BCUT2D eigenvalue weighted by molar-refractivity contribution is 5.92. The quantitative estimate of drug-likeness (QED) is 0.688. The second-order valence-electron chi connectivity index (χ2n) is 6.92. The van der Waals surface area contributed by atoms with Crippen LogP contribution in [0.1, 0.15) is 35.6 Å². The third kappa shape index (κ3) is 4.05. The molecule has 0 aromatic carbocycles. The molecule has 0 N–H and O–H groups in total. The van der Waals surface area contributed by atoms with Crippen LogP contribution in [-0.2, 0) is 13.5 Å². The second-order valence-corrected chi connectivity index (χ2v) is 6.92. The summed E-state index contributed by atoms with van der Waals surface area (Å²) in [5.41, 5.74) is 1.38. The Morgan fingerprint density at radius 3 is 2.93 bits per heavy atom. The van der Waals surface area contributed by atoms with Gasteiger partial charge in [-0.1, -0.05) is 5.16 Å². The van der Waals surface area contributed by atoms with Crippen LogP contribution in [-0.4, -0.2) is 48.8 Å². The number of aromatic nitrogens is 5. The van der Waals surface area contributed by atoms with Crippen molar-refractivity contribution in [2.45, 2.75) is 25.7 Å². The average molecular weight is 366 g/mol. The minimum atomic E-state index is 0.0137. The highest BCUT2D eigenvalue weighted by atomic mass is 16.5. The van der Waals surface area contributed by atoms with E-state index in [0.717, 1.165) is 44.3 Å². The second kappa shape index (κ2) is 7.69. The van der Waals surface area contributed by atoms with Gasteiger partial charge in [0.15, 0.2) is 5.82 Å². The summed E-state index contributed by atoms with van der Waals surface area (Å²) in [6, 6.07) is 5.46. The van der Waals surface area contributed by atoms with Gasteiger partial charge < -0.3 is 9.42 Å². The van der Waals surface area contributed by atoms with Crippen LogP contribution in [0.5, 0.6) is 0 Å². The number of aryl methyl sites for hydroxylation is 2. The summed E-state index contributed by atoms with van der Waals surface area (Å²) < 4.78 is 7.00. The molecule has 1 amide bonds. The Bertz CT molecular complexity index is 904. The highest BCUT2D eigenvalue weighted by Gasteiger charge is 2.26. The van der Waals surface area contributed by atoms with Gasteiger partial charge in [0.2, 0.25) is 0 Å². The van der Waals surface area contributed by atoms with Crippen molar-refractivity contribution in [3.05, 3.63) is 48.3 Å². The van der Waals surface area contributed by atoms with Gasteiger partial charge in [-0.15, -0.1) is 0 Å². The number of nitrogens with zero attached hydrogens (tertiary/aromatic N) is 6. The first kappa shape index (κ1) is 17.4. The van der Waals surface area contributed by atoms with Gasteiger partial charge in [-0.2, -0.15) is 10.1 Å². The summed E-state index contributed by atoms with van der Waals surface area (Å²) in [4.78, 5) is 23.0. The molecule has 0 aliphatic carbocycles. The molecule has 1 aliphatic heterocycles. The summed E-state index contributed by atoms with van der Waals surface area (Å²) in [5.74, 6) is 1.67. The van der Waals surface area contributed by atoms with Gasteiger partial charge in [-0.05, 0) is 43.4 Å². The fourth-order valence-corrected chi connectivity index (χ4v) is 3.48. The molecule has 8 heteroatoms. The van der Waals surface area contributed by atoms with E-state index >= 15 is 0 Å². The third-order valence-electron chi connectivity index (χ3n) is 4.91. The van der Waals surface area contributed by atoms with Crippen LogP contribution in [0, 0.1) is 5.92 Å². The molecule has 140 valence electrons. The number of pyridine rings is 1. The number of piperidine rings is 1. The summed E-state index contributed by atoms with van der Waals surface area (Å²) in [7, 11) is 1.82. The summed E-state index contributed by atoms with van der Waals surface area (Å²) in [6.45, 7) is 1.55. The van der Waals surface area contributed by atoms with Gasteiger partial charge >= 0.3 is 0 Å². The first-order valence-corrected chi connectivity index (χ1v) is 9.21. The van der Waals surface area contributed by atoms with E-state index in [9.17, 15) is 4.79 Å². The van der Waals surface area contributed by atoms with Gasteiger partial charge in [-0.25, -0.2) is 0 Å².